The molecule has 0 aliphatic rings. The second-order valence-electron chi connectivity index (χ2n) is 5.83. The molecule has 0 aliphatic carbocycles. The van der Waals surface area contributed by atoms with E-state index >= 15 is 0 Å². The summed E-state index contributed by atoms with van der Waals surface area (Å²) in [5.41, 5.74) is -1.60. The molecular weight excluding hydrogens is 314 g/mol. The molecule has 0 atom stereocenters. The summed E-state index contributed by atoms with van der Waals surface area (Å²) in [6.07, 6.45) is 1.06. The van der Waals surface area contributed by atoms with Gasteiger partial charge in [0.1, 0.15) is 5.56 Å². The number of aromatic amines is 1. The van der Waals surface area contributed by atoms with Crippen molar-refractivity contribution in [3.8, 4) is 0 Å². The van der Waals surface area contributed by atoms with Crippen molar-refractivity contribution in [2.45, 2.75) is 19.3 Å². The van der Waals surface area contributed by atoms with Crippen molar-refractivity contribution in [3.05, 3.63) is 62.4 Å². The fourth-order valence-corrected chi connectivity index (χ4v) is 2.02. The van der Waals surface area contributed by atoms with Gasteiger partial charge in [-0.15, -0.1) is 0 Å². The summed E-state index contributed by atoms with van der Waals surface area (Å²) < 4.78 is 0.799. The zero-order valence-corrected chi connectivity index (χ0v) is 13.4. The number of carboxylic acids is 1. The molecule has 1 heterocycles. The third kappa shape index (κ3) is 3.12. The van der Waals surface area contributed by atoms with Gasteiger partial charge in [-0.1, -0.05) is 12.1 Å². The number of hydrogen-bond donors (Lipinski definition) is 3. The Morgan fingerprint density at radius 1 is 1.17 bits per heavy atom. The predicted octanol–water partition coefficient (Wildman–Crippen LogP) is 0.688. The normalized spacial score (nSPS) is 11.1. The molecule has 8 heteroatoms. The SMILES string of the molecule is Cn1c(=O)[nH]cc(C(=O)Nc2ccc(C(C)(C)C(=O)O)cc2)c1=O. The Morgan fingerprint density at radius 2 is 1.75 bits per heavy atom. The highest BCUT2D eigenvalue weighted by Gasteiger charge is 2.29. The number of carbonyl (C=O) groups is 2. The lowest BCUT2D eigenvalue weighted by Gasteiger charge is -2.19. The standard InChI is InChI=1S/C16H17N3O5/c1-16(2,14(22)23)9-4-6-10(7-5-9)18-12(20)11-8-17-15(24)19(3)13(11)21/h4-8H,1-3H3,(H,17,24)(H,18,20)(H,22,23). The van der Waals surface area contributed by atoms with Crippen molar-refractivity contribution in [2.75, 3.05) is 5.32 Å². The van der Waals surface area contributed by atoms with E-state index in [2.05, 4.69) is 10.3 Å². The van der Waals surface area contributed by atoms with E-state index in [4.69, 9.17) is 0 Å². The Morgan fingerprint density at radius 3 is 2.29 bits per heavy atom. The lowest BCUT2D eigenvalue weighted by atomic mass is 9.85. The van der Waals surface area contributed by atoms with Gasteiger partial charge in [0.15, 0.2) is 0 Å². The first-order chi connectivity index (χ1) is 11.1. The highest BCUT2D eigenvalue weighted by Crippen LogP contribution is 2.24. The number of aliphatic carboxylic acids is 1. The summed E-state index contributed by atoms with van der Waals surface area (Å²) in [5, 5.41) is 11.7. The van der Waals surface area contributed by atoms with E-state index in [0.717, 1.165) is 10.8 Å². The van der Waals surface area contributed by atoms with Crippen LogP contribution in [0, 0.1) is 0 Å². The summed E-state index contributed by atoms with van der Waals surface area (Å²) in [5.74, 6) is -1.63. The quantitative estimate of drug-likeness (QED) is 0.761. The molecular formula is C16H17N3O5. The minimum atomic E-state index is -1.06. The number of H-pyrrole nitrogens is 1. The summed E-state index contributed by atoms with van der Waals surface area (Å²) in [6, 6.07) is 6.28. The highest BCUT2D eigenvalue weighted by atomic mass is 16.4. The van der Waals surface area contributed by atoms with Crippen molar-refractivity contribution >= 4 is 17.6 Å². The third-order valence-electron chi connectivity index (χ3n) is 3.82. The minimum Gasteiger partial charge on any atom is -0.481 e. The lowest BCUT2D eigenvalue weighted by molar-refractivity contribution is -0.142. The van der Waals surface area contributed by atoms with E-state index in [-0.39, 0.29) is 5.56 Å². The van der Waals surface area contributed by atoms with Gasteiger partial charge in [0.05, 0.1) is 5.41 Å². The van der Waals surface area contributed by atoms with Crippen LogP contribution in [0.1, 0.15) is 29.8 Å². The van der Waals surface area contributed by atoms with Gasteiger partial charge in [-0.2, -0.15) is 0 Å². The van der Waals surface area contributed by atoms with Crippen LogP contribution in [-0.4, -0.2) is 26.5 Å². The number of aromatic nitrogens is 2. The summed E-state index contributed by atoms with van der Waals surface area (Å²) in [4.78, 5) is 48.9. The van der Waals surface area contributed by atoms with Gasteiger partial charge in [0.25, 0.3) is 11.5 Å². The summed E-state index contributed by atoms with van der Waals surface area (Å²) in [6.45, 7) is 3.15. The van der Waals surface area contributed by atoms with Crippen LogP contribution < -0.4 is 16.6 Å². The van der Waals surface area contributed by atoms with Crippen LogP contribution in [-0.2, 0) is 17.3 Å². The number of amides is 1. The van der Waals surface area contributed by atoms with Gasteiger partial charge in [-0.25, -0.2) is 4.79 Å². The van der Waals surface area contributed by atoms with Crippen molar-refractivity contribution < 1.29 is 14.7 Å². The zero-order chi connectivity index (χ0) is 18.1. The van der Waals surface area contributed by atoms with Crippen molar-refractivity contribution in [1.82, 2.24) is 9.55 Å². The Bertz CT molecular complexity index is 907. The molecule has 0 radical (unpaired) electrons. The van der Waals surface area contributed by atoms with Crippen molar-refractivity contribution in [1.29, 1.82) is 0 Å². The second-order valence-corrected chi connectivity index (χ2v) is 5.83. The molecule has 1 aromatic carbocycles. The maximum atomic E-state index is 12.1. The number of nitrogens with zero attached hydrogens (tertiary/aromatic N) is 1. The van der Waals surface area contributed by atoms with Crippen LogP contribution in [0.15, 0.2) is 40.1 Å². The maximum absolute atomic E-state index is 12.1. The molecule has 24 heavy (non-hydrogen) atoms. The molecule has 1 amide bonds. The monoisotopic (exact) mass is 331 g/mol. The van der Waals surface area contributed by atoms with Crippen LogP contribution in [0.3, 0.4) is 0 Å². The van der Waals surface area contributed by atoms with E-state index < -0.39 is 28.5 Å². The molecule has 2 rings (SSSR count). The Kier molecular flexibility index (Phi) is 4.41. The molecule has 0 bridgehead atoms. The zero-order valence-electron chi connectivity index (χ0n) is 13.4. The first-order valence-corrected chi connectivity index (χ1v) is 7.08. The summed E-state index contributed by atoms with van der Waals surface area (Å²) >= 11 is 0. The van der Waals surface area contributed by atoms with Gasteiger partial charge < -0.3 is 15.4 Å². The van der Waals surface area contributed by atoms with E-state index in [1.54, 1.807) is 38.1 Å². The van der Waals surface area contributed by atoms with Crippen LogP contribution >= 0.6 is 0 Å². The first-order valence-electron chi connectivity index (χ1n) is 7.08. The molecule has 0 saturated carbocycles. The Balaban J connectivity index is 2.25. The molecule has 3 N–H and O–H groups in total. The topological polar surface area (TPSA) is 121 Å². The molecule has 126 valence electrons. The number of benzene rings is 1. The van der Waals surface area contributed by atoms with Crippen molar-refractivity contribution in [3.63, 3.8) is 0 Å². The third-order valence-corrected chi connectivity index (χ3v) is 3.82. The number of hydrogen-bond acceptors (Lipinski definition) is 4. The molecule has 0 saturated heterocycles. The van der Waals surface area contributed by atoms with Gasteiger partial charge in [0, 0.05) is 18.9 Å². The number of nitrogens with one attached hydrogen (secondary N) is 2. The minimum absolute atomic E-state index is 0.202. The Labute approximate surface area is 136 Å². The van der Waals surface area contributed by atoms with Gasteiger partial charge >= 0.3 is 11.7 Å². The molecule has 0 aliphatic heterocycles. The number of rotatable bonds is 4. The van der Waals surface area contributed by atoms with Gasteiger partial charge in [-0.3, -0.25) is 19.0 Å². The Hall–Kier alpha value is -3.16. The van der Waals surface area contributed by atoms with E-state index in [1.807, 2.05) is 0 Å². The van der Waals surface area contributed by atoms with E-state index in [1.165, 1.54) is 7.05 Å². The number of carboxylic acid groups (broad SMARTS) is 1. The van der Waals surface area contributed by atoms with Crippen LogP contribution in [0.4, 0.5) is 5.69 Å². The van der Waals surface area contributed by atoms with Gasteiger partial charge in [0.2, 0.25) is 0 Å². The first kappa shape index (κ1) is 17.2. The van der Waals surface area contributed by atoms with E-state index in [0.29, 0.717) is 11.3 Å². The average molecular weight is 331 g/mol. The molecule has 0 unspecified atom stereocenters. The largest absolute Gasteiger partial charge is 0.481 e. The molecule has 8 nitrogen and oxygen atoms in total. The second kappa shape index (κ2) is 6.15. The van der Waals surface area contributed by atoms with Crippen LogP contribution in [0.5, 0.6) is 0 Å². The fourth-order valence-electron chi connectivity index (χ4n) is 2.02. The average Bonchev–Trinajstić information content (AvgIpc) is 2.53. The fraction of sp³-hybridized carbons (Fsp3) is 0.250. The molecule has 0 fully saturated rings. The van der Waals surface area contributed by atoms with Gasteiger partial charge in [-0.05, 0) is 31.5 Å². The van der Waals surface area contributed by atoms with E-state index in [9.17, 15) is 24.3 Å². The lowest BCUT2D eigenvalue weighted by Crippen LogP contribution is -2.37. The molecule has 0 spiro atoms. The molecule has 1 aromatic heterocycles. The molecule has 2 aromatic rings. The maximum Gasteiger partial charge on any atom is 0.328 e. The van der Waals surface area contributed by atoms with Crippen LogP contribution in [0.25, 0.3) is 0 Å². The van der Waals surface area contributed by atoms with Crippen molar-refractivity contribution in [2.24, 2.45) is 7.05 Å². The summed E-state index contributed by atoms with van der Waals surface area (Å²) in [7, 11) is 1.26. The van der Waals surface area contributed by atoms with Crippen LogP contribution in [0.2, 0.25) is 0 Å². The number of carbonyl (C=O) groups excluding carboxylic acids is 1. The highest BCUT2D eigenvalue weighted by molar-refractivity contribution is 6.03. The number of anilines is 1. The predicted molar refractivity (Wildman–Crippen MR) is 87.4 cm³/mol. The smallest absolute Gasteiger partial charge is 0.328 e.